The number of rotatable bonds is 3. The molecule has 0 heterocycles. The summed E-state index contributed by atoms with van der Waals surface area (Å²) in [7, 11) is 0. The van der Waals surface area contributed by atoms with Gasteiger partial charge in [-0.15, -0.1) is 0 Å². The van der Waals surface area contributed by atoms with Crippen molar-refractivity contribution in [3.8, 4) is 11.5 Å². The first kappa shape index (κ1) is 13.9. The smallest absolute Gasteiger partial charge is 0.311 e. The first-order chi connectivity index (χ1) is 9.06. The van der Waals surface area contributed by atoms with E-state index in [1.807, 2.05) is 0 Å². The topological polar surface area (TPSA) is 46.5 Å². The Morgan fingerprint density at radius 3 is 2.37 bits per heavy atom. The number of carbonyl (C=O) groups is 1. The maximum absolute atomic E-state index is 12.0. The predicted octanol–water partition coefficient (Wildman–Crippen LogP) is 3.76. The maximum atomic E-state index is 12.0. The van der Waals surface area contributed by atoms with Gasteiger partial charge in [0.05, 0.1) is 0 Å². The Morgan fingerprint density at radius 2 is 1.79 bits per heavy atom. The molecule has 1 N–H and O–H groups in total. The van der Waals surface area contributed by atoms with Gasteiger partial charge in [-0.25, -0.2) is 0 Å². The molecule has 2 unspecified atom stereocenters. The van der Waals surface area contributed by atoms with Crippen LogP contribution < -0.4 is 4.74 Å². The van der Waals surface area contributed by atoms with Crippen LogP contribution in [0.1, 0.15) is 39.5 Å². The van der Waals surface area contributed by atoms with E-state index < -0.39 is 0 Å². The molecule has 1 aliphatic rings. The van der Waals surface area contributed by atoms with Gasteiger partial charge in [-0.05, 0) is 42.0 Å². The number of benzene rings is 1. The molecule has 2 rings (SSSR count). The van der Waals surface area contributed by atoms with Gasteiger partial charge in [-0.1, -0.05) is 33.1 Å². The number of esters is 1. The van der Waals surface area contributed by atoms with Gasteiger partial charge in [0.15, 0.2) is 0 Å². The Balaban J connectivity index is 1.91. The molecule has 1 aliphatic carbocycles. The fraction of sp³-hybridized carbons (Fsp3) is 0.562. The first-order valence-electron chi connectivity index (χ1n) is 7.06. The van der Waals surface area contributed by atoms with E-state index in [4.69, 9.17) is 4.74 Å². The lowest BCUT2D eigenvalue weighted by Gasteiger charge is -2.33. The van der Waals surface area contributed by atoms with Crippen molar-refractivity contribution >= 4 is 5.97 Å². The molecule has 1 aromatic rings. The molecule has 0 aromatic heterocycles. The molecule has 1 fully saturated rings. The van der Waals surface area contributed by atoms with Crippen LogP contribution in [0.15, 0.2) is 24.3 Å². The quantitative estimate of drug-likeness (QED) is 0.666. The van der Waals surface area contributed by atoms with Crippen LogP contribution in [0.5, 0.6) is 11.5 Å². The summed E-state index contributed by atoms with van der Waals surface area (Å²) in [5.41, 5.74) is 0. The van der Waals surface area contributed by atoms with Crippen molar-refractivity contribution in [1.29, 1.82) is 0 Å². The third-order valence-electron chi connectivity index (χ3n) is 4.25. The Morgan fingerprint density at radius 1 is 1.21 bits per heavy atom. The highest BCUT2D eigenvalue weighted by molar-refractivity contribution is 5.72. The summed E-state index contributed by atoms with van der Waals surface area (Å²) in [6.07, 6.45) is 4.18. The second kappa shape index (κ2) is 6.09. The normalized spacial score (nSPS) is 26.9. The molecular weight excluding hydrogens is 240 g/mol. The number of aromatic hydroxyl groups is 1. The van der Waals surface area contributed by atoms with Crippen LogP contribution in [0.2, 0.25) is 0 Å². The van der Waals surface area contributed by atoms with Crippen LogP contribution in [0.25, 0.3) is 0 Å². The molecule has 104 valence electrons. The molecule has 19 heavy (non-hydrogen) atoms. The molecule has 0 aliphatic heterocycles. The minimum absolute atomic E-state index is 0.170. The summed E-state index contributed by atoms with van der Waals surface area (Å²) in [4.78, 5) is 12.0. The molecule has 0 spiro atoms. The van der Waals surface area contributed by atoms with Gasteiger partial charge in [0.2, 0.25) is 0 Å². The number of ether oxygens (including phenoxy) is 1. The van der Waals surface area contributed by atoms with Gasteiger partial charge in [-0.2, -0.15) is 0 Å². The fourth-order valence-electron chi connectivity index (χ4n) is 3.03. The highest BCUT2D eigenvalue weighted by atomic mass is 16.5. The lowest BCUT2D eigenvalue weighted by Crippen LogP contribution is -2.28. The Labute approximate surface area is 114 Å². The zero-order valence-electron chi connectivity index (χ0n) is 11.6. The molecule has 1 aromatic carbocycles. The van der Waals surface area contributed by atoms with E-state index in [9.17, 15) is 9.90 Å². The summed E-state index contributed by atoms with van der Waals surface area (Å²) >= 11 is 0. The summed E-state index contributed by atoms with van der Waals surface area (Å²) in [5, 5.41) is 9.18. The highest BCUT2D eigenvalue weighted by Gasteiger charge is 2.30. The molecular formula is C16H22O3. The van der Waals surface area contributed by atoms with Gasteiger partial charge in [0.1, 0.15) is 11.5 Å². The first-order valence-corrected chi connectivity index (χ1v) is 7.06. The molecule has 1 saturated carbocycles. The fourth-order valence-corrected chi connectivity index (χ4v) is 3.03. The van der Waals surface area contributed by atoms with Crippen molar-refractivity contribution in [2.24, 2.45) is 17.8 Å². The van der Waals surface area contributed by atoms with Crippen molar-refractivity contribution in [3.05, 3.63) is 24.3 Å². The number of hydrogen-bond donors (Lipinski definition) is 1. The number of phenolic OH excluding ortho intramolecular Hbond substituents is 1. The average Bonchev–Trinajstić information content (AvgIpc) is 2.37. The molecule has 0 radical (unpaired) electrons. The zero-order chi connectivity index (χ0) is 13.8. The highest BCUT2D eigenvalue weighted by Crippen LogP contribution is 2.36. The van der Waals surface area contributed by atoms with Gasteiger partial charge in [0, 0.05) is 6.42 Å². The summed E-state index contributed by atoms with van der Waals surface area (Å²) in [6, 6.07) is 6.27. The monoisotopic (exact) mass is 262 g/mol. The van der Waals surface area contributed by atoms with E-state index in [0.29, 0.717) is 29.9 Å². The van der Waals surface area contributed by atoms with Crippen molar-refractivity contribution < 1.29 is 14.6 Å². The molecule has 3 nitrogen and oxygen atoms in total. The van der Waals surface area contributed by atoms with Gasteiger partial charge in [-0.3, -0.25) is 4.79 Å². The van der Waals surface area contributed by atoms with E-state index in [2.05, 4.69) is 13.8 Å². The van der Waals surface area contributed by atoms with E-state index in [1.165, 1.54) is 31.4 Å². The van der Waals surface area contributed by atoms with Crippen LogP contribution >= 0.6 is 0 Å². The third-order valence-corrected chi connectivity index (χ3v) is 4.25. The van der Waals surface area contributed by atoms with E-state index in [0.717, 1.165) is 0 Å². The summed E-state index contributed by atoms with van der Waals surface area (Å²) in [5.74, 6) is 2.12. The summed E-state index contributed by atoms with van der Waals surface area (Å²) in [6.45, 7) is 4.46. The lowest BCUT2D eigenvalue weighted by molar-refractivity contribution is -0.136. The standard InChI is InChI=1S/C16H22O3/c1-11-4-3-5-12(2)15(11)10-16(18)19-14-8-6-13(17)7-9-14/h6-9,11-12,15,17H,3-5,10H2,1-2H3. The Hall–Kier alpha value is -1.51. The van der Waals surface area contributed by atoms with Crippen molar-refractivity contribution in [2.45, 2.75) is 39.5 Å². The summed E-state index contributed by atoms with van der Waals surface area (Å²) < 4.78 is 5.32. The zero-order valence-corrected chi connectivity index (χ0v) is 11.6. The third kappa shape index (κ3) is 3.72. The van der Waals surface area contributed by atoms with E-state index in [-0.39, 0.29) is 11.7 Å². The predicted molar refractivity (Wildman–Crippen MR) is 74.0 cm³/mol. The number of phenols is 1. The molecule has 0 amide bonds. The van der Waals surface area contributed by atoms with Gasteiger partial charge in [0.25, 0.3) is 0 Å². The molecule has 2 atom stereocenters. The minimum Gasteiger partial charge on any atom is -0.508 e. The largest absolute Gasteiger partial charge is 0.508 e. The van der Waals surface area contributed by atoms with Crippen LogP contribution in [0.4, 0.5) is 0 Å². The van der Waals surface area contributed by atoms with Crippen molar-refractivity contribution in [1.82, 2.24) is 0 Å². The average molecular weight is 262 g/mol. The van der Waals surface area contributed by atoms with Crippen LogP contribution in [0.3, 0.4) is 0 Å². The van der Waals surface area contributed by atoms with Gasteiger partial charge < -0.3 is 9.84 Å². The van der Waals surface area contributed by atoms with E-state index in [1.54, 1.807) is 12.1 Å². The maximum Gasteiger partial charge on any atom is 0.311 e. The van der Waals surface area contributed by atoms with Crippen molar-refractivity contribution in [3.63, 3.8) is 0 Å². The second-order valence-electron chi connectivity index (χ2n) is 5.72. The number of carbonyl (C=O) groups excluding carboxylic acids is 1. The Kier molecular flexibility index (Phi) is 4.46. The second-order valence-corrected chi connectivity index (χ2v) is 5.72. The molecule has 3 heteroatoms. The van der Waals surface area contributed by atoms with Crippen molar-refractivity contribution in [2.75, 3.05) is 0 Å². The molecule has 0 bridgehead atoms. The van der Waals surface area contributed by atoms with Crippen LogP contribution in [-0.2, 0) is 4.79 Å². The van der Waals surface area contributed by atoms with Crippen LogP contribution in [0, 0.1) is 17.8 Å². The minimum atomic E-state index is -0.170. The molecule has 0 saturated heterocycles. The van der Waals surface area contributed by atoms with Crippen LogP contribution in [-0.4, -0.2) is 11.1 Å². The van der Waals surface area contributed by atoms with E-state index >= 15 is 0 Å². The SMILES string of the molecule is CC1CCCC(C)C1CC(=O)Oc1ccc(O)cc1. The lowest BCUT2D eigenvalue weighted by atomic mass is 9.72. The Bertz CT molecular complexity index is 414. The number of hydrogen-bond acceptors (Lipinski definition) is 3. The van der Waals surface area contributed by atoms with Gasteiger partial charge >= 0.3 is 5.97 Å².